The van der Waals surface area contributed by atoms with E-state index in [1.165, 1.54) is 37.3 Å². The van der Waals surface area contributed by atoms with Crippen molar-refractivity contribution in [3.63, 3.8) is 0 Å². The molecule has 0 bridgehead atoms. The Morgan fingerprint density at radius 2 is 1.63 bits per heavy atom. The van der Waals surface area contributed by atoms with Gasteiger partial charge in [-0.05, 0) is 92.2 Å². The Labute approximate surface area is 249 Å². The van der Waals surface area contributed by atoms with Gasteiger partial charge < -0.3 is 11.1 Å². The number of nitrogen functional groups attached to an aromatic ring is 1. The van der Waals surface area contributed by atoms with Crippen molar-refractivity contribution >= 4 is 23.1 Å². The summed E-state index contributed by atoms with van der Waals surface area (Å²) >= 11 is 0. The van der Waals surface area contributed by atoms with Gasteiger partial charge in [-0.1, -0.05) is 45.4 Å². The number of hydrogen-bond acceptors (Lipinski definition) is 6. The number of benzene rings is 2. The van der Waals surface area contributed by atoms with E-state index in [2.05, 4.69) is 42.0 Å². The van der Waals surface area contributed by atoms with Crippen LogP contribution in [0.25, 0.3) is 11.1 Å². The Balaban J connectivity index is 0.000000857. The smallest absolute Gasteiger partial charge is 0.251 e. The number of ketones is 1. The largest absolute Gasteiger partial charge is 0.398 e. The second-order valence-corrected chi connectivity index (χ2v) is 10.7. The molecule has 1 aliphatic rings. The first kappa shape index (κ1) is 31.7. The molecular formula is C34H51N5O2. The zero-order valence-electron chi connectivity index (χ0n) is 25.0. The van der Waals surface area contributed by atoms with Gasteiger partial charge in [0.15, 0.2) is 5.78 Å². The van der Waals surface area contributed by atoms with Crippen LogP contribution in [0.4, 0.5) is 5.69 Å². The summed E-state index contributed by atoms with van der Waals surface area (Å²) < 4.78 is 0. The fourth-order valence-corrected chi connectivity index (χ4v) is 4.90. The molecule has 1 fully saturated rings. The number of aryl methyl sites for hydroxylation is 1. The van der Waals surface area contributed by atoms with Crippen molar-refractivity contribution < 1.29 is 13.9 Å². The summed E-state index contributed by atoms with van der Waals surface area (Å²) in [7, 11) is 0. The lowest BCUT2D eigenvalue weighted by molar-refractivity contribution is -0.111. The average Bonchev–Trinajstić information content (AvgIpc) is 3.00. The molecule has 1 aliphatic heterocycles. The van der Waals surface area contributed by atoms with Crippen molar-refractivity contribution in [3.05, 3.63) is 83.2 Å². The molecule has 0 spiro atoms. The van der Waals surface area contributed by atoms with Gasteiger partial charge >= 0.3 is 0 Å². The number of hydrogen-bond donors (Lipinski definition) is 3. The number of nitrogens with one attached hydrogen (secondary N) is 2. The predicted octanol–water partition coefficient (Wildman–Crippen LogP) is 7.18. The maximum absolute atomic E-state index is 11.9. The number of Topliss-reactive ketones (excluding diaryl/α,β-unsaturated/α-hetero) is 1. The zero-order valence-corrected chi connectivity index (χ0v) is 25.0. The summed E-state index contributed by atoms with van der Waals surface area (Å²) in [6, 6.07) is 15.7. The van der Waals surface area contributed by atoms with Crippen LogP contribution in [0.3, 0.4) is 0 Å². The molecule has 7 heteroatoms. The lowest BCUT2D eigenvalue weighted by Gasteiger charge is -2.26. The van der Waals surface area contributed by atoms with Crippen LogP contribution in [0.1, 0.15) is 91.1 Å². The van der Waals surface area contributed by atoms with Gasteiger partial charge in [-0.3, -0.25) is 24.9 Å². The Hall–Kier alpha value is -3.84. The number of pyridine rings is 1. The maximum Gasteiger partial charge on any atom is 0.251 e. The van der Waals surface area contributed by atoms with Gasteiger partial charge in [0, 0.05) is 58.6 Å². The van der Waals surface area contributed by atoms with Crippen LogP contribution in [0.5, 0.6) is 0 Å². The first-order chi connectivity index (χ1) is 19.7. The first-order valence-electron chi connectivity index (χ1n) is 14.8. The molecule has 1 aromatic heterocycles. The number of piperidine rings is 1. The van der Waals surface area contributed by atoms with Gasteiger partial charge in [0.2, 0.25) is 0 Å². The highest BCUT2D eigenvalue weighted by Gasteiger charge is 2.14. The molecule has 224 valence electrons. The molecule has 4 N–H and O–H groups in total. The molecule has 41 heavy (non-hydrogen) atoms. The van der Waals surface area contributed by atoms with Gasteiger partial charge in [-0.15, -0.1) is 0 Å². The second kappa shape index (κ2) is 15.8. The summed E-state index contributed by atoms with van der Waals surface area (Å²) in [5.41, 5.74) is 11.9. The van der Waals surface area contributed by atoms with Crippen LogP contribution in [0, 0.1) is 5.41 Å². The van der Waals surface area contributed by atoms with E-state index in [-0.39, 0.29) is 21.7 Å². The minimum atomic E-state index is -0.291. The number of likely N-dealkylation sites (tertiary alicyclic amines) is 1. The molecule has 0 saturated carbocycles. The SMILES string of the molecule is CC(=O)C(=N)c1cc(-c2cncc(CN3CCCCC3)c2)ccc1N.CCc1ccc(C(=O)NC(CC)CC)cc1.[HH].[HH].[HH]. The molecule has 0 radical (unpaired) electrons. The quantitative estimate of drug-likeness (QED) is 0.179. The van der Waals surface area contributed by atoms with Crippen molar-refractivity contribution in [3.8, 4) is 11.1 Å². The van der Waals surface area contributed by atoms with Crippen LogP contribution >= 0.6 is 0 Å². The number of carbonyl (C=O) groups is 2. The van der Waals surface area contributed by atoms with Crippen molar-refractivity contribution in [1.82, 2.24) is 15.2 Å². The third-order valence-electron chi connectivity index (χ3n) is 7.60. The Bertz CT molecular complexity index is 1320. The number of nitrogens with two attached hydrogens (primary N) is 1. The van der Waals surface area contributed by atoms with Crippen molar-refractivity contribution in [2.24, 2.45) is 0 Å². The molecule has 2 aromatic carbocycles. The Morgan fingerprint density at radius 1 is 0.951 bits per heavy atom. The third kappa shape index (κ3) is 9.35. The first-order valence-corrected chi connectivity index (χ1v) is 14.8. The van der Waals surface area contributed by atoms with Crippen LogP contribution in [0.15, 0.2) is 60.9 Å². The van der Waals surface area contributed by atoms with Gasteiger partial charge in [-0.25, -0.2) is 0 Å². The number of rotatable bonds is 10. The van der Waals surface area contributed by atoms with E-state index in [1.54, 1.807) is 12.1 Å². The van der Waals surface area contributed by atoms with Gasteiger partial charge in [0.05, 0.1) is 0 Å². The molecule has 4 rings (SSSR count). The predicted molar refractivity (Wildman–Crippen MR) is 175 cm³/mol. The van der Waals surface area contributed by atoms with E-state index in [0.29, 0.717) is 17.3 Å². The van der Waals surface area contributed by atoms with Crippen molar-refractivity contribution in [2.75, 3.05) is 18.8 Å². The van der Waals surface area contributed by atoms with E-state index in [9.17, 15) is 9.59 Å². The molecule has 3 aromatic rings. The van der Waals surface area contributed by atoms with E-state index in [0.717, 1.165) is 55.6 Å². The fraction of sp³-hybridized carbons (Fsp3) is 0.412. The Morgan fingerprint density at radius 3 is 2.24 bits per heavy atom. The van der Waals surface area contributed by atoms with Crippen molar-refractivity contribution in [2.45, 2.75) is 78.8 Å². The highest BCUT2D eigenvalue weighted by atomic mass is 16.1. The topological polar surface area (TPSA) is 112 Å². The highest BCUT2D eigenvalue weighted by molar-refractivity contribution is 6.45. The summed E-state index contributed by atoms with van der Waals surface area (Å²) in [5.74, 6) is -0.253. The molecule has 1 saturated heterocycles. The Kier molecular flexibility index (Phi) is 12.2. The summed E-state index contributed by atoms with van der Waals surface area (Å²) in [6.45, 7) is 10.9. The van der Waals surface area contributed by atoms with E-state index < -0.39 is 0 Å². The fourth-order valence-electron chi connectivity index (χ4n) is 4.90. The van der Waals surface area contributed by atoms with E-state index >= 15 is 0 Å². The highest BCUT2D eigenvalue weighted by Crippen LogP contribution is 2.25. The summed E-state index contributed by atoms with van der Waals surface area (Å²) in [6.07, 6.45) is 10.5. The zero-order chi connectivity index (χ0) is 29.8. The number of carbonyl (C=O) groups excluding carboxylic acids is 2. The van der Waals surface area contributed by atoms with Gasteiger partial charge in [0.1, 0.15) is 5.71 Å². The van der Waals surface area contributed by atoms with Crippen LogP contribution in [0.2, 0.25) is 0 Å². The average molecular weight is 562 g/mol. The molecule has 0 atom stereocenters. The lowest BCUT2D eigenvalue weighted by Crippen LogP contribution is -2.33. The summed E-state index contributed by atoms with van der Waals surface area (Å²) in [4.78, 5) is 30.2. The van der Waals surface area contributed by atoms with E-state index in [1.807, 2.05) is 42.7 Å². The van der Waals surface area contributed by atoms with Crippen LogP contribution in [-0.2, 0) is 17.8 Å². The third-order valence-corrected chi connectivity index (χ3v) is 7.60. The number of anilines is 1. The van der Waals surface area contributed by atoms with Gasteiger partial charge in [-0.2, -0.15) is 0 Å². The van der Waals surface area contributed by atoms with Crippen molar-refractivity contribution in [1.29, 1.82) is 5.41 Å². The minimum Gasteiger partial charge on any atom is -0.398 e. The number of nitrogens with zero attached hydrogens (tertiary/aromatic N) is 2. The van der Waals surface area contributed by atoms with Gasteiger partial charge in [0.25, 0.3) is 5.91 Å². The maximum atomic E-state index is 11.9. The monoisotopic (exact) mass is 561 g/mol. The molecular weight excluding hydrogens is 510 g/mol. The standard InChI is InChI=1S/C20H24N4O.C14H21NO.3H2/c1-14(25)20(22)18-10-16(5-6-19(18)21)17-9-15(11-23-12-17)13-24-7-3-2-4-8-24;1-4-11-7-9-12(10-8-11)14(16)15-13(5-2)6-3;;;/h5-6,9-12,22H,2-4,7-8,13,21H2,1H3;7-10,13H,4-6H2,1-3H3,(H,15,16);3*1H. The molecule has 0 unspecified atom stereocenters. The minimum absolute atomic E-state index is 0. The number of aromatic nitrogens is 1. The van der Waals surface area contributed by atoms with Crippen LogP contribution in [-0.4, -0.2) is 46.4 Å². The molecule has 1 amide bonds. The second-order valence-electron chi connectivity index (χ2n) is 10.7. The van der Waals surface area contributed by atoms with E-state index in [4.69, 9.17) is 11.1 Å². The number of amides is 1. The lowest BCUT2D eigenvalue weighted by atomic mass is 9.98. The summed E-state index contributed by atoms with van der Waals surface area (Å²) in [5, 5.41) is 11.0. The normalized spacial score (nSPS) is 13.3. The molecule has 2 heterocycles. The molecule has 7 nitrogen and oxygen atoms in total. The molecule has 0 aliphatic carbocycles. The van der Waals surface area contributed by atoms with Crippen LogP contribution < -0.4 is 11.1 Å².